The molecule has 0 aliphatic rings. The van der Waals surface area contributed by atoms with E-state index >= 15 is 0 Å². The number of thioether (sulfide) groups is 1. The first-order valence-corrected chi connectivity index (χ1v) is 17.4. The fourth-order valence-electron chi connectivity index (χ4n) is 4.71. The summed E-state index contributed by atoms with van der Waals surface area (Å²) in [6, 6.07) is 21.4. The van der Waals surface area contributed by atoms with Gasteiger partial charge in [0.05, 0.1) is 17.7 Å². The third-order valence-electron chi connectivity index (χ3n) is 7.72. The van der Waals surface area contributed by atoms with E-state index < -0.39 is 18.1 Å². The second-order valence-electron chi connectivity index (χ2n) is 11.5. The minimum atomic E-state index is -1.06. The summed E-state index contributed by atoms with van der Waals surface area (Å²) in [6.07, 6.45) is 13.0. The molecule has 0 aromatic heterocycles. The first kappa shape index (κ1) is 35.9. The summed E-state index contributed by atoms with van der Waals surface area (Å²) in [4.78, 5) is 39.0. The number of benzene rings is 3. The van der Waals surface area contributed by atoms with Crippen molar-refractivity contribution in [2.45, 2.75) is 96.3 Å². The highest BCUT2D eigenvalue weighted by Gasteiger charge is 2.20. The SMILES string of the molecule is CCCCCCCCCCCCSc1ccc(C(=O)Oc2cc(C(=O)OC(=O)OC[C@@H](C)CC)ccc2-c2ccccc2)cc1. The fourth-order valence-corrected chi connectivity index (χ4v) is 5.62. The molecule has 0 spiro atoms. The molecule has 3 aromatic carbocycles. The summed E-state index contributed by atoms with van der Waals surface area (Å²) in [7, 11) is 0. The van der Waals surface area contributed by atoms with E-state index in [1.165, 1.54) is 76.3 Å². The van der Waals surface area contributed by atoms with E-state index in [1.807, 2.05) is 56.3 Å². The second kappa shape index (κ2) is 20.5. The van der Waals surface area contributed by atoms with Crippen LogP contribution in [0.1, 0.15) is 112 Å². The summed E-state index contributed by atoms with van der Waals surface area (Å²) in [5.41, 5.74) is 1.91. The lowest BCUT2D eigenvalue weighted by atomic mass is 10.0. The van der Waals surface area contributed by atoms with Crippen molar-refractivity contribution in [2.24, 2.45) is 5.92 Å². The lowest BCUT2D eigenvalue weighted by Gasteiger charge is -2.13. The zero-order valence-corrected chi connectivity index (χ0v) is 27.9. The van der Waals surface area contributed by atoms with Crippen LogP contribution in [0.3, 0.4) is 0 Å². The molecule has 0 unspecified atom stereocenters. The molecule has 0 amide bonds. The number of unbranched alkanes of at least 4 members (excludes halogenated alkanes) is 9. The molecule has 7 heteroatoms. The van der Waals surface area contributed by atoms with Gasteiger partial charge in [-0.1, -0.05) is 115 Å². The van der Waals surface area contributed by atoms with Crippen molar-refractivity contribution in [1.82, 2.24) is 0 Å². The van der Waals surface area contributed by atoms with Gasteiger partial charge in [-0.05, 0) is 66.1 Å². The zero-order chi connectivity index (χ0) is 32.3. The number of rotatable bonds is 19. The highest BCUT2D eigenvalue weighted by atomic mass is 32.2. The van der Waals surface area contributed by atoms with Gasteiger partial charge in [0.25, 0.3) is 0 Å². The monoisotopic (exact) mass is 632 g/mol. The van der Waals surface area contributed by atoms with E-state index in [4.69, 9.17) is 14.2 Å². The summed E-state index contributed by atoms with van der Waals surface area (Å²) in [5.74, 6) is -0.0368. The van der Waals surface area contributed by atoms with Crippen LogP contribution in [0, 0.1) is 5.92 Å². The summed E-state index contributed by atoms with van der Waals surface area (Å²) in [6.45, 7) is 6.33. The highest BCUT2D eigenvalue weighted by Crippen LogP contribution is 2.32. The van der Waals surface area contributed by atoms with E-state index in [0.717, 1.165) is 22.6 Å². The van der Waals surface area contributed by atoms with Gasteiger partial charge in [-0.3, -0.25) is 0 Å². The standard InChI is InChI=1S/C38H48O6S/c1-4-6-7-8-9-10-11-12-13-17-26-45-33-23-20-31(21-24-33)36(39)43-35-27-32(22-25-34(35)30-18-15-14-16-19-30)37(40)44-38(41)42-28-29(3)5-2/h14-16,18-25,27,29H,4-13,17,26,28H2,1-3H3/t29-/m0/s1. The van der Waals surface area contributed by atoms with Crippen molar-refractivity contribution >= 4 is 29.9 Å². The molecule has 0 fully saturated rings. The van der Waals surface area contributed by atoms with Crippen LogP contribution in [0.4, 0.5) is 4.79 Å². The lowest BCUT2D eigenvalue weighted by Crippen LogP contribution is -2.17. The Kier molecular flexibility index (Phi) is 16.3. The van der Waals surface area contributed by atoms with Gasteiger partial charge in [0.1, 0.15) is 5.75 Å². The van der Waals surface area contributed by atoms with E-state index in [-0.39, 0.29) is 23.8 Å². The highest BCUT2D eigenvalue weighted by molar-refractivity contribution is 7.99. The summed E-state index contributed by atoms with van der Waals surface area (Å²) < 4.78 is 15.7. The third kappa shape index (κ3) is 13.1. The number of ether oxygens (including phenoxy) is 3. The molecule has 3 aromatic rings. The van der Waals surface area contributed by atoms with Crippen LogP contribution in [0.25, 0.3) is 11.1 Å². The van der Waals surface area contributed by atoms with Crippen LogP contribution < -0.4 is 4.74 Å². The maximum Gasteiger partial charge on any atom is 0.516 e. The molecule has 0 aliphatic heterocycles. The lowest BCUT2D eigenvalue weighted by molar-refractivity contribution is 0.0340. The Labute approximate surface area is 273 Å². The topological polar surface area (TPSA) is 78.9 Å². The predicted molar refractivity (Wildman–Crippen MR) is 182 cm³/mol. The van der Waals surface area contributed by atoms with Gasteiger partial charge in [0.2, 0.25) is 0 Å². The summed E-state index contributed by atoms with van der Waals surface area (Å²) >= 11 is 1.80. The first-order chi connectivity index (χ1) is 21.9. The average molecular weight is 633 g/mol. The van der Waals surface area contributed by atoms with E-state index in [0.29, 0.717) is 11.1 Å². The van der Waals surface area contributed by atoms with Gasteiger partial charge < -0.3 is 14.2 Å². The number of carbonyl (C=O) groups is 3. The first-order valence-electron chi connectivity index (χ1n) is 16.4. The van der Waals surface area contributed by atoms with Crippen molar-refractivity contribution in [2.75, 3.05) is 12.4 Å². The van der Waals surface area contributed by atoms with Crippen molar-refractivity contribution < 1.29 is 28.6 Å². The molecular weight excluding hydrogens is 584 g/mol. The molecule has 6 nitrogen and oxygen atoms in total. The Morgan fingerprint density at radius 2 is 1.33 bits per heavy atom. The van der Waals surface area contributed by atoms with Crippen LogP contribution >= 0.6 is 11.8 Å². The Balaban J connectivity index is 1.55. The van der Waals surface area contributed by atoms with Gasteiger partial charge in [0.15, 0.2) is 0 Å². The Morgan fingerprint density at radius 3 is 1.98 bits per heavy atom. The van der Waals surface area contributed by atoms with E-state index in [2.05, 4.69) is 6.92 Å². The van der Waals surface area contributed by atoms with Gasteiger partial charge >= 0.3 is 18.1 Å². The van der Waals surface area contributed by atoms with Crippen molar-refractivity contribution in [3.8, 4) is 16.9 Å². The zero-order valence-electron chi connectivity index (χ0n) is 27.1. The molecule has 1 atom stereocenters. The fraction of sp³-hybridized carbons (Fsp3) is 0.447. The summed E-state index contributed by atoms with van der Waals surface area (Å²) in [5, 5.41) is 0. The Morgan fingerprint density at radius 1 is 0.711 bits per heavy atom. The van der Waals surface area contributed by atoms with Crippen LogP contribution in [0.2, 0.25) is 0 Å². The van der Waals surface area contributed by atoms with Crippen molar-refractivity contribution in [3.05, 3.63) is 83.9 Å². The molecule has 0 aliphatic carbocycles. The number of hydrogen-bond donors (Lipinski definition) is 0. The van der Waals surface area contributed by atoms with Crippen molar-refractivity contribution in [1.29, 1.82) is 0 Å². The number of esters is 2. The number of carbonyl (C=O) groups excluding carboxylic acids is 3. The molecule has 0 radical (unpaired) electrons. The maximum atomic E-state index is 13.2. The van der Waals surface area contributed by atoms with Gasteiger partial charge in [0, 0.05) is 10.5 Å². The molecule has 45 heavy (non-hydrogen) atoms. The normalized spacial score (nSPS) is 11.5. The second-order valence-corrected chi connectivity index (χ2v) is 12.7. The molecule has 242 valence electrons. The quantitative estimate of drug-likeness (QED) is 0.0428. The van der Waals surface area contributed by atoms with Crippen LogP contribution in [-0.2, 0) is 9.47 Å². The smallest absolute Gasteiger partial charge is 0.434 e. The molecular formula is C38H48O6S. The minimum absolute atomic E-state index is 0.0664. The van der Waals surface area contributed by atoms with E-state index in [1.54, 1.807) is 30.0 Å². The average Bonchev–Trinajstić information content (AvgIpc) is 3.06. The predicted octanol–water partition coefficient (Wildman–Crippen LogP) is 10.9. The molecule has 3 rings (SSSR count). The van der Waals surface area contributed by atoms with Gasteiger partial charge in [-0.2, -0.15) is 0 Å². The van der Waals surface area contributed by atoms with Crippen molar-refractivity contribution in [3.63, 3.8) is 0 Å². The molecule has 0 saturated heterocycles. The van der Waals surface area contributed by atoms with Crippen LogP contribution in [-0.4, -0.2) is 30.5 Å². The Hall–Kier alpha value is -3.58. The maximum absolute atomic E-state index is 13.2. The number of hydrogen-bond acceptors (Lipinski definition) is 7. The van der Waals surface area contributed by atoms with Crippen LogP contribution in [0.15, 0.2) is 77.7 Å². The minimum Gasteiger partial charge on any atom is -0.434 e. The third-order valence-corrected chi connectivity index (χ3v) is 8.82. The largest absolute Gasteiger partial charge is 0.516 e. The molecule has 0 heterocycles. The van der Waals surface area contributed by atoms with Gasteiger partial charge in [-0.15, -0.1) is 11.8 Å². The van der Waals surface area contributed by atoms with E-state index in [9.17, 15) is 14.4 Å². The van der Waals surface area contributed by atoms with Gasteiger partial charge in [-0.25, -0.2) is 14.4 Å². The molecule has 0 saturated carbocycles. The van der Waals surface area contributed by atoms with Crippen LogP contribution in [0.5, 0.6) is 5.75 Å². The molecule has 0 N–H and O–H groups in total. The molecule has 0 bridgehead atoms. The Bertz CT molecular complexity index is 1320.